The van der Waals surface area contributed by atoms with Crippen molar-refractivity contribution in [1.82, 2.24) is 19.7 Å². The van der Waals surface area contributed by atoms with Gasteiger partial charge in [-0.2, -0.15) is 5.10 Å². The Morgan fingerprint density at radius 2 is 2.24 bits per heavy atom. The van der Waals surface area contributed by atoms with Crippen molar-refractivity contribution in [3.63, 3.8) is 0 Å². The summed E-state index contributed by atoms with van der Waals surface area (Å²) in [4.78, 5) is 30.8. The van der Waals surface area contributed by atoms with Crippen molar-refractivity contribution in [2.24, 2.45) is 0 Å². The Hall–Kier alpha value is -2.61. The van der Waals surface area contributed by atoms with E-state index in [2.05, 4.69) is 15.1 Å². The number of hydrogen-bond donors (Lipinski definition) is 2. The lowest BCUT2D eigenvalue weighted by atomic mass is 10.2. The molecule has 106 valence electrons. The monoisotopic (exact) mass is 302 g/mol. The molecule has 21 heavy (non-hydrogen) atoms. The van der Waals surface area contributed by atoms with Crippen LogP contribution in [-0.4, -0.2) is 37.1 Å². The lowest BCUT2D eigenvalue weighted by Gasteiger charge is -2.03. The number of carbonyl (C=O) groups is 1. The highest BCUT2D eigenvalue weighted by Crippen LogP contribution is 2.18. The lowest BCUT2D eigenvalue weighted by Crippen LogP contribution is -2.13. The van der Waals surface area contributed by atoms with E-state index in [-0.39, 0.29) is 17.1 Å². The summed E-state index contributed by atoms with van der Waals surface area (Å²) >= 11 is 1.54. The molecule has 0 bridgehead atoms. The second kappa shape index (κ2) is 5.06. The van der Waals surface area contributed by atoms with Crippen molar-refractivity contribution in [3.8, 4) is 5.95 Å². The summed E-state index contributed by atoms with van der Waals surface area (Å²) in [6.07, 6.45) is 4.42. The SMILES string of the molecule is CSc1ccc2nc(-n3cc(C(=O)O)cn3)[nH]c(=O)c2c1. The summed E-state index contributed by atoms with van der Waals surface area (Å²) in [5.74, 6) is -0.911. The van der Waals surface area contributed by atoms with Gasteiger partial charge in [0.2, 0.25) is 5.95 Å². The molecule has 0 radical (unpaired) electrons. The van der Waals surface area contributed by atoms with Crippen LogP contribution in [0.3, 0.4) is 0 Å². The van der Waals surface area contributed by atoms with Crippen molar-refractivity contribution in [3.05, 3.63) is 46.5 Å². The van der Waals surface area contributed by atoms with Gasteiger partial charge in [0.1, 0.15) is 0 Å². The van der Waals surface area contributed by atoms with Crippen molar-refractivity contribution < 1.29 is 9.90 Å². The van der Waals surface area contributed by atoms with Gasteiger partial charge >= 0.3 is 5.97 Å². The summed E-state index contributed by atoms with van der Waals surface area (Å²) in [6.45, 7) is 0. The van der Waals surface area contributed by atoms with Crippen molar-refractivity contribution in [2.75, 3.05) is 6.26 Å². The van der Waals surface area contributed by atoms with Gasteiger partial charge in [-0.25, -0.2) is 14.5 Å². The van der Waals surface area contributed by atoms with E-state index in [4.69, 9.17) is 5.11 Å². The van der Waals surface area contributed by atoms with Gasteiger partial charge in [-0.1, -0.05) is 0 Å². The minimum atomic E-state index is -1.09. The minimum Gasteiger partial charge on any atom is -0.478 e. The van der Waals surface area contributed by atoms with E-state index in [1.165, 1.54) is 28.8 Å². The predicted molar refractivity (Wildman–Crippen MR) is 78.2 cm³/mol. The maximum atomic E-state index is 12.1. The zero-order chi connectivity index (χ0) is 15.0. The second-order valence-corrected chi connectivity index (χ2v) is 5.13. The van der Waals surface area contributed by atoms with E-state index in [1.807, 2.05) is 12.3 Å². The molecular weight excluding hydrogens is 292 g/mol. The van der Waals surface area contributed by atoms with E-state index in [1.54, 1.807) is 12.1 Å². The Morgan fingerprint density at radius 3 is 2.90 bits per heavy atom. The van der Waals surface area contributed by atoms with Gasteiger partial charge in [0.25, 0.3) is 5.56 Å². The fourth-order valence-electron chi connectivity index (χ4n) is 1.89. The van der Waals surface area contributed by atoms with Gasteiger partial charge in [0.15, 0.2) is 0 Å². The van der Waals surface area contributed by atoms with E-state index in [9.17, 15) is 9.59 Å². The van der Waals surface area contributed by atoms with Crippen molar-refractivity contribution >= 4 is 28.6 Å². The molecule has 3 rings (SSSR count). The number of H-pyrrole nitrogens is 1. The molecule has 0 aliphatic heterocycles. The minimum absolute atomic E-state index is 0.0236. The summed E-state index contributed by atoms with van der Waals surface area (Å²) in [5.41, 5.74) is 0.257. The molecule has 8 heteroatoms. The van der Waals surface area contributed by atoms with Crippen LogP contribution in [0.5, 0.6) is 0 Å². The smallest absolute Gasteiger partial charge is 0.338 e. The summed E-state index contributed by atoms with van der Waals surface area (Å²) in [7, 11) is 0. The Bertz CT molecular complexity index is 900. The van der Waals surface area contributed by atoms with Crippen LogP contribution in [0.1, 0.15) is 10.4 Å². The number of rotatable bonds is 3. The summed E-state index contributed by atoms with van der Waals surface area (Å²) < 4.78 is 1.23. The third-order valence-electron chi connectivity index (χ3n) is 2.95. The largest absolute Gasteiger partial charge is 0.478 e. The average molecular weight is 302 g/mol. The molecule has 0 saturated heterocycles. The molecule has 2 heterocycles. The molecule has 0 aliphatic carbocycles. The van der Waals surface area contributed by atoms with Gasteiger partial charge in [-0.3, -0.25) is 9.78 Å². The van der Waals surface area contributed by atoms with Crippen LogP contribution in [0.25, 0.3) is 16.9 Å². The molecule has 0 aliphatic rings. The van der Waals surface area contributed by atoms with Crippen LogP contribution in [0.4, 0.5) is 0 Å². The van der Waals surface area contributed by atoms with Crippen LogP contribution in [0, 0.1) is 0 Å². The van der Waals surface area contributed by atoms with E-state index in [0.717, 1.165) is 4.90 Å². The zero-order valence-corrected chi connectivity index (χ0v) is 11.7. The first-order chi connectivity index (χ1) is 10.1. The Kier molecular flexibility index (Phi) is 3.22. The number of aromatic amines is 1. The van der Waals surface area contributed by atoms with Gasteiger partial charge in [-0.05, 0) is 24.5 Å². The number of aromatic nitrogens is 4. The molecule has 1 aromatic carbocycles. The molecular formula is C13H10N4O3S. The Balaban J connectivity index is 2.15. The number of thioether (sulfide) groups is 1. The highest BCUT2D eigenvalue weighted by Gasteiger charge is 2.10. The number of nitrogens with one attached hydrogen (secondary N) is 1. The molecule has 0 amide bonds. The normalized spacial score (nSPS) is 10.9. The molecule has 0 spiro atoms. The standard InChI is InChI=1S/C13H10N4O3S/c1-21-8-2-3-10-9(4-8)11(18)16-13(15-10)17-6-7(5-14-17)12(19)20/h2-6H,1H3,(H,19,20)(H,15,16,18). The van der Waals surface area contributed by atoms with Gasteiger partial charge in [0.05, 0.1) is 22.7 Å². The van der Waals surface area contributed by atoms with Crippen LogP contribution >= 0.6 is 11.8 Å². The highest BCUT2D eigenvalue weighted by atomic mass is 32.2. The number of hydrogen-bond acceptors (Lipinski definition) is 5. The first-order valence-electron chi connectivity index (χ1n) is 5.95. The van der Waals surface area contributed by atoms with Gasteiger partial charge in [-0.15, -0.1) is 11.8 Å². The zero-order valence-electron chi connectivity index (χ0n) is 10.9. The molecule has 7 nitrogen and oxygen atoms in total. The first-order valence-corrected chi connectivity index (χ1v) is 7.17. The van der Waals surface area contributed by atoms with Gasteiger partial charge < -0.3 is 5.11 Å². The van der Waals surface area contributed by atoms with E-state index < -0.39 is 5.97 Å². The van der Waals surface area contributed by atoms with Crippen LogP contribution in [0.2, 0.25) is 0 Å². The molecule has 0 fully saturated rings. The Labute approximate surface area is 122 Å². The maximum absolute atomic E-state index is 12.1. The molecule has 0 unspecified atom stereocenters. The topological polar surface area (TPSA) is 101 Å². The number of carboxylic acid groups (broad SMARTS) is 1. The Morgan fingerprint density at radius 1 is 1.43 bits per heavy atom. The highest BCUT2D eigenvalue weighted by molar-refractivity contribution is 7.98. The number of aromatic carboxylic acids is 1. The molecule has 0 atom stereocenters. The fraction of sp³-hybridized carbons (Fsp3) is 0.0769. The van der Waals surface area contributed by atoms with Gasteiger partial charge in [0, 0.05) is 11.1 Å². The lowest BCUT2D eigenvalue weighted by molar-refractivity contribution is 0.0697. The number of benzene rings is 1. The number of carboxylic acids is 1. The fourth-order valence-corrected chi connectivity index (χ4v) is 2.33. The van der Waals surface area contributed by atoms with Crippen molar-refractivity contribution in [2.45, 2.75) is 4.90 Å². The second-order valence-electron chi connectivity index (χ2n) is 4.25. The third-order valence-corrected chi connectivity index (χ3v) is 3.67. The average Bonchev–Trinajstić information content (AvgIpc) is 2.97. The quantitative estimate of drug-likeness (QED) is 0.712. The molecule has 0 saturated carbocycles. The van der Waals surface area contributed by atoms with Crippen LogP contribution in [-0.2, 0) is 0 Å². The number of nitrogens with zero attached hydrogens (tertiary/aromatic N) is 3. The molecule has 3 aromatic rings. The molecule has 2 aromatic heterocycles. The van der Waals surface area contributed by atoms with Crippen LogP contribution < -0.4 is 5.56 Å². The summed E-state index contributed by atoms with van der Waals surface area (Å²) in [6, 6.07) is 5.39. The van der Waals surface area contributed by atoms with E-state index >= 15 is 0 Å². The summed E-state index contributed by atoms with van der Waals surface area (Å²) in [5, 5.41) is 13.3. The molecule has 2 N–H and O–H groups in total. The number of fused-ring (bicyclic) bond motifs is 1. The van der Waals surface area contributed by atoms with Crippen LogP contribution in [0.15, 0.2) is 40.3 Å². The maximum Gasteiger partial charge on any atom is 0.338 e. The third kappa shape index (κ3) is 2.40. The van der Waals surface area contributed by atoms with Crippen molar-refractivity contribution in [1.29, 1.82) is 0 Å². The first kappa shape index (κ1) is 13.4. The predicted octanol–water partition coefficient (Wildman–Crippen LogP) is 1.53. The van der Waals surface area contributed by atoms with E-state index in [0.29, 0.717) is 10.9 Å².